The first-order valence-corrected chi connectivity index (χ1v) is 8.01. The number of aromatic nitrogens is 4. The fourth-order valence-corrected chi connectivity index (χ4v) is 3.02. The van der Waals surface area contributed by atoms with Gasteiger partial charge in [0.2, 0.25) is 0 Å². The Kier molecular flexibility index (Phi) is 5.09. The second-order valence-corrected chi connectivity index (χ2v) is 6.45. The van der Waals surface area contributed by atoms with Crippen LogP contribution in [0.25, 0.3) is 10.8 Å². The van der Waals surface area contributed by atoms with Gasteiger partial charge in [-0.05, 0) is 6.07 Å². The van der Waals surface area contributed by atoms with Crippen molar-refractivity contribution in [1.82, 2.24) is 20.2 Å². The summed E-state index contributed by atoms with van der Waals surface area (Å²) < 4.78 is 69.2. The summed E-state index contributed by atoms with van der Waals surface area (Å²) in [5, 5.41) is 7.17. The first-order chi connectivity index (χ1) is 12.2. The summed E-state index contributed by atoms with van der Waals surface area (Å²) in [4.78, 5) is 7.96. The minimum Gasteiger partial charge on any atom is -0.414 e. The van der Waals surface area contributed by atoms with E-state index >= 15 is 0 Å². The zero-order valence-electron chi connectivity index (χ0n) is 12.5. The topological polar surface area (TPSA) is 67.9 Å². The average molecular weight is 409 g/mol. The van der Waals surface area contributed by atoms with Crippen molar-refractivity contribution in [3.8, 4) is 10.8 Å². The molecule has 0 bridgehead atoms. The van der Waals surface area contributed by atoms with E-state index in [4.69, 9.17) is 4.42 Å². The van der Waals surface area contributed by atoms with Crippen molar-refractivity contribution in [3.05, 3.63) is 41.1 Å². The predicted octanol–water partition coefficient (Wildman–Crippen LogP) is 4.40. The molecule has 0 saturated carbocycles. The first kappa shape index (κ1) is 18.5. The number of thiol groups is 1. The molecule has 0 atom stereocenters. The Morgan fingerprint density at radius 3 is 2.62 bits per heavy atom. The number of halogens is 5. The molecule has 0 radical (unpaired) electrons. The van der Waals surface area contributed by atoms with Crippen LogP contribution in [0.1, 0.15) is 22.9 Å². The number of nitrogens with zero attached hydrogens (tertiary/aromatic N) is 5. The molecule has 26 heavy (non-hydrogen) atoms. The summed E-state index contributed by atoms with van der Waals surface area (Å²) in [6.07, 6.45) is -4.13. The lowest BCUT2D eigenvalue weighted by Crippen LogP contribution is -2.12. The van der Waals surface area contributed by atoms with E-state index in [0.717, 1.165) is 17.4 Å². The molecule has 0 amide bonds. The maximum Gasteiger partial charge on any atom is 0.417 e. The fourth-order valence-electron chi connectivity index (χ4n) is 1.85. The highest BCUT2D eigenvalue weighted by Crippen LogP contribution is 2.33. The number of hydrogen-bond donors (Lipinski definition) is 1. The van der Waals surface area contributed by atoms with Crippen LogP contribution in [0.15, 0.2) is 29.1 Å². The van der Waals surface area contributed by atoms with E-state index < -0.39 is 24.1 Å². The van der Waals surface area contributed by atoms with E-state index in [1.54, 1.807) is 0 Å². The largest absolute Gasteiger partial charge is 0.417 e. The zero-order valence-corrected chi connectivity index (χ0v) is 14.2. The lowest BCUT2D eigenvalue weighted by atomic mass is 10.2. The number of rotatable bonds is 5. The van der Waals surface area contributed by atoms with Gasteiger partial charge in [0.15, 0.2) is 0 Å². The van der Waals surface area contributed by atoms with Crippen molar-refractivity contribution < 1.29 is 26.4 Å². The molecular weight excluding hydrogens is 401 g/mol. The molecule has 0 unspecified atom stereocenters. The summed E-state index contributed by atoms with van der Waals surface area (Å²) >= 11 is 5.20. The molecule has 0 aliphatic heterocycles. The van der Waals surface area contributed by atoms with Gasteiger partial charge in [-0.3, -0.25) is 4.98 Å². The van der Waals surface area contributed by atoms with Crippen molar-refractivity contribution >= 4 is 29.8 Å². The van der Waals surface area contributed by atoms with E-state index in [0.29, 0.717) is 16.1 Å². The lowest BCUT2D eigenvalue weighted by molar-refractivity contribution is -0.137. The lowest BCUT2D eigenvalue weighted by Gasteiger charge is -2.17. The second-order valence-electron chi connectivity index (χ2n) is 4.85. The molecule has 0 aliphatic rings. The van der Waals surface area contributed by atoms with E-state index in [9.17, 15) is 22.0 Å². The summed E-state index contributed by atoms with van der Waals surface area (Å²) in [6.45, 7) is 0.0482. The van der Waals surface area contributed by atoms with Gasteiger partial charge in [0.1, 0.15) is 9.88 Å². The maximum absolute atomic E-state index is 12.7. The van der Waals surface area contributed by atoms with Crippen LogP contribution in [0, 0.1) is 0 Å². The smallest absolute Gasteiger partial charge is 0.414 e. The summed E-state index contributed by atoms with van der Waals surface area (Å²) in [7, 11) is 0. The van der Waals surface area contributed by atoms with Crippen LogP contribution in [0.5, 0.6) is 0 Å². The van der Waals surface area contributed by atoms with Crippen molar-refractivity contribution in [3.63, 3.8) is 0 Å². The quantitative estimate of drug-likeness (QED) is 0.498. The average Bonchev–Trinajstić information content (AvgIpc) is 3.23. The number of alkyl halides is 5. The SMILES string of the molecule is FC(F)c1nnc(-c2cnc(CN(S)c3cncc(C(F)(F)F)c3)s2)o1. The second kappa shape index (κ2) is 7.15. The third-order valence-corrected chi connectivity index (χ3v) is 4.37. The Morgan fingerprint density at radius 2 is 1.96 bits per heavy atom. The van der Waals surface area contributed by atoms with Gasteiger partial charge in [-0.2, -0.15) is 22.0 Å². The van der Waals surface area contributed by atoms with Crippen molar-refractivity contribution in [1.29, 1.82) is 0 Å². The summed E-state index contributed by atoms with van der Waals surface area (Å²) in [5.74, 6) is -0.920. The van der Waals surface area contributed by atoms with E-state index in [2.05, 4.69) is 33.0 Å². The van der Waals surface area contributed by atoms with Crippen molar-refractivity contribution in [2.24, 2.45) is 0 Å². The van der Waals surface area contributed by atoms with Gasteiger partial charge in [-0.25, -0.2) is 4.98 Å². The van der Waals surface area contributed by atoms with Crippen LogP contribution >= 0.6 is 24.2 Å². The van der Waals surface area contributed by atoms with Gasteiger partial charge >= 0.3 is 12.6 Å². The number of thiazole rings is 1. The molecule has 0 N–H and O–H groups in total. The highest BCUT2D eigenvalue weighted by Gasteiger charge is 2.31. The predicted molar refractivity (Wildman–Crippen MR) is 84.8 cm³/mol. The Labute approximate surface area is 152 Å². The van der Waals surface area contributed by atoms with Crippen LogP contribution in [-0.4, -0.2) is 20.2 Å². The van der Waals surface area contributed by atoms with Crippen molar-refractivity contribution in [2.45, 2.75) is 19.1 Å². The molecule has 0 fully saturated rings. The van der Waals surface area contributed by atoms with Crippen LogP contribution < -0.4 is 4.31 Å². The molecular formula is C13H8F5N5OS2. The van der Waals surface area contributed by atoms with Crippen LogP contribution in [0.2, 0.25) is 0 Å². The van der Waals surface area contributed by atoms with E-state index in [-0.39, 0.29) is 18.1 Å². The Morgan fingerprint density at radius 1 is 1.19 bits per heavy atom. The molecule has 0 spiro atoms. The first-order valence-electron chi connectivity index (χ1n) is 6.79. The molecule has 13 heteroatoms. The van der Waals surface area contributed by atoms with E-state index in [1.165, 1.54) is 16.7 Å². The standard InChI is InChI=1S/C13H8F5N5OS2/c14-10(15)12-22-21-11(24-12)8-4-20-9(26-8)5-23(25)7-1-6(2-19-3-7)13(16,17)18/h1-4,10,25H,5H2. The zero-order chi connectivity index (χ0) is 18.9. The molecule has 0 aromatic carbocycles. The number of pyridine rings is 1. The van der Waals surface area contributed by atoms with Crippen LogP contribution in [0.4, 0.5) is 27.6 Å². The minimum absolute atomic E-state index is 0.0482. The molecule has 3 aromatic rings. The third-order valence-electron chi connectivity index (χ3n) is 3.03. The molecule has 3 aromatic heterocycles. The third kappa shape index (κ3) is 4.09. The van der Waals surface area contributed by atoms with Gasteiger partial charge in [0.25, 0.3) is 11.8 Å². The molecule has 3 rings (SSSR count). The normalized spacial score (nSPS) is 12.0. The number of hydrogen-bond acceptors (Lipinski definition) is 8. The van der Waals surface area contributed by atoms with Gasteiger partial charge in [-0.1, -0.05) is 12.8 Å². The van der Waals surface area contributed by atoms with Crippen LogP contribution in [0.3, 0.4) is 0 Å². The summed E-state index contributed by atoms with van der Waals surface area (Å²) in [5.41, 5.74) is -0.781. The van der Waals surface area contributed by atoms with Gasteiger partial charge < -0.3 is 8.72 Å². The minimum atomic E-state index is -4.52. The Bertz CT molecular complexity index is 897. The molecule has 6 nitrogen and oxygen atoms in total. The van der Waals surface area contributed by atoms with Crippen LogP contribution in [-0.2, 0) is 12.7 Å². The highest BCUT2D eigenvalue weighted by molar-refractivity contribution is 7.81. The van der Waals surface area contributed by atoms with E-state index in [1.807, 2.05) is 0 Å². The van der Waals surface area contributed by atoms with Crippen molar-refractivity contribution in [2.75, 3.05) is 4.31 Å². The fraction of sp³-hybridized carbons (Fsp3) is 0.231. The summed E-state index contributed by atoms with van der Waals surface area (Å²) in [6, 6.07) is 0.904. The highest BCUT2D eigenvalue weighted by atomic mass is 32.1. The molecule has 0 saturated heterocycles. The Balaban J connectivity index is 1.74. The Hall–Kier alpha value is -2.28. The maximum atomic E-state index is 12.7. The molecule has 3 heterocycles. The van der Waals surface area contributed by atoms with Gasteiger partial charge in [0.05, 0.1) is 30.2 Å². The number of anilines is 1. The van der Waals surface area contributed by atoms with Gasteiger partial charge in [-0.15, -0.1) is 21.5 Å². The van der Waals surface area contributed by atoms with Gasteiger partial charge in [0, 0.05) is 6.20 Å². The molecule has 0 aliphatic carbocycles. The molecule has 138 valence electrons. The monoisotopic (exact) mass is 409 g/mol.